The van der Waals surface area contributed by atoms with Gasteiger partial charge in [0.15, 0.2) is 11.5 Å². The predicted molar refractivity (Wildman–Crippen MR) is 105 cm³/mol. The average Bonchev–Trinajstić information content (AvgIpc) is 2.54. The minimum atomic E-state index is 0.668. The van der Waals surface area contributed by atoms with Gasteiger partial charge in [-0.25, -0.2) is 0 Å². The Morgan fingerprint density at radius 1 is 1.26 bits per heavy atom. The highest BCUT2D eigenvalue weighted by Gasteiger charge is 2.10. The second-order valence-corrected chi connectivity index (χ2v) is 6.67. The summed E-state index contributed by atoms with van der Waals surface area (Å²) in [6.45, 7) is 4.75. The highest BCUT2D eigenvalue weighted by Crippen LogP contribution is 2.34. The van der Waals surface area contributed by atoms with Gasteiger partial charge in [-0.1, -0.05) is 24.6 Å². The molecular formula is C18H19ClINO2. The lowest BCUT2D eigenvalue weighted by Gasteiger charge is -2.12. The van der Waals surface area contributed by atoms with Crippen LogP contribution in [0.5, 0.6) is 11.5 Å². The molecule has 0 heterocycles. The Balaban J connectivity index is 2.31. The molecular weight excluding hydrogens is 425 g/mol. The van der Waals surface area contributed by atoms with E-state index in [1.54, 1.807) is 7.11 Å². The molecule has 0 amide bonds. The van der Waals surface area contributed by atoms with Crippen molar-refractivity contribution in [1.82, 2.24) is 0 Å². The summed E-state index contributed by atoms with van der Waals surface area (Å²) in [6.07, 6.45) is 2.77. The molecule has 0 radical (unpaired) electrons. The Kier molecular flexibility index (Phi) is 6.72. The largest absolute Gasteiger partial charge is 0.493 e. The lowest BCUT2D eigenvalue weighted by Crippen LogP contribution is -2.01. The van der Waals surface area contributed by atoms with Crippen LogP contribution < -0.4 is 9.47 Å². The third-order valence-electron chi connectivity index (χ3n) is 3.23. The SMILES string of the molecule is CCCOc1c(I)cc(C=Nc2cc(Cl)ccc2C)cc1OC. The number of hydrogen-bond acceptors (Lipinski definition) is 3. The molecule has 2 aromatic carbocycles. The zero-order valence-corrected chi connectivity index (χ0v) is 16.3. The van der Waals surface area contributed by atoms with E-state index in [4.69, 9.17) is 21.1 Å². The topological polar surface area (TPSA) is 30.8 Å². The van der Waals surface area contributed by atoms with Gasteiger partial charge in [-0.15, -0.1) is 0 Å². The highest BCUT2D eigenvalue weighted by molar-refractivity contribution is 14.1. The molecule has 0 aliphatic carbocycles. The quantitative estimate of drug-likeness (QED) is 0.417. The summed E-state index contributed by atoms with van der Waals surface area (Å²) in [5, 5.41) is 0.679. The number of aryl methyl sites for hydroxylation is 1. The minimum Gasteiger partial charge on any atom is -0.493 e. The fourth-order valence-corrected chi connectivity index (χ4v) is 2.97. The normalized spacial score (nSPS) is 11.0. The zero-order valence-electron chi connectivity index (χ0n) is 13.4. The summed E-state index contributed by atoms with van der Waals surface area (Å²) < 4.78 is 12.2. The van der Waals surface area contributed by atoms with Crippen LogP contribution >= 0.6 is 34.2 Å². The fraction of sp³-hybridized carbons (Fsp3) is 0.278. The van der Waals surface area contributed by atoms with E-state index in [9.17, 15) is 0 Å². The van der Waals surface area contributed by atoms with Gasteiger partial charge in [0.05, 0.1) is 23.0 Å². The maximum Gasteiger partial charge on any atom is 0.174 e. The van der Waals surface area contributed by atoms with Gasteiger partial charge in [0.1, 0.15) is 0 Å². The fourth-order valence-electron chi connectivity index (χ4n) is 2.02. The lowest BCUT2D eigenvalue weighted by molar-refractivity contribution is 0.292. The van der Waals surface area contributed by atoms with Gasteiger partial charge in [-0.2, -0.15) is 0 Å². The van der Waals surface area contributed by atoms with Crippen LogP contribution in [-0.2, 0) is 0 Å². The van der Waals surface area contributed by atoms with E-state index < -0.39 is 0 Å². The van der Waals surface area contributed by atoms with Crippen LogP contribution in [0.15, 0.2) is 35.3 Å². The summed E-state index contributed by atoms with van der Waals surface area (Å²) in [4.78, 5) is 4.54. The van der Waals surface area contributed by atoms with Crippen molar-refractivity contribution in [3.05, 3.63) is 50.1 Å². The van der Waals surface area contributed by atoms with Crippen LogP contribution in [-0.4, -0.2) is 19.9 Å². The van der Waals surface area contributed by atoms with Crippen molar-refractivity contribution in [3.8, 4) is 11.5 Å². The first-order chi connectivity index (χ1) is 11.0. The van der Waals surface area contributed by atoms with Gasteiger partial charge < -0.3 is 9.47 Å². The monoisotopic (exact) mass is 443 g/mol. The van der Waals surface area contributed by atoms with Gasteiger partial charge in [0.2, 0.25) is 0 Å². The number of aliphatic imine (C=N–C) groups is 1. The molecule has 2 rings (SSSR count). The Morgan fingerprint density at radius 3 is 2.74 bits per heavy atom. The van der Waals surface area contributed by atoms with Crippen LogP contribution in [0.25, 0.3) is 0 Å². The summed E-state index contributed by atoms with van der Waals surface area (Å²) in [7, 11) is 1.65. The van der Waals surface area contributed by atoms with Crippen molar-refractivity contribution in [2.75, 3.05) is 13.7 Å². The van der Waals surface area contributed by atoms with Crippen molar-refractivity contribution in [2.45, 2.75) is 20.3 Å². The predicted octanol–water partition coefficient (Wildman–Crippen LogP) is 5.80. The molecule has 0 spiro atoms. The third-order valence-corrected chi connectivity index (χ3v) is 4.26. The smallest absolute Gasteiger partial charge is 0.174 e. The first-order valence-electron chi connectivity index (χ1n) is 7.35. The summed E-state index contributed by atoms with van der Waals surface area (Å²) in [5.74, 6) is 1.50. The van der Waals surface area contributed by atoms with E-state index in [2.05, 4.69) is 34.5 Å². The first-order valence-corrected chi connectivity index (χ1v) is 8.81. The summed E-state index contributed by atoms with van der Waals surface area (Å²) in [5.41, 5.74) is 2.89. The van der Waals surface area contributed by atoms with Crippen LogP contribution in [0.1, 0.15) is 24.5 Å². The van der Waals surface area contributed by atoms with E-state index in [0.717, 1.165) is 38.3 Å². The number of benzene rings is 2. The van der Waals surface area contributed by atoms with E-state index in [0.29, 0.717) is 11.6 Å². The number of halogens is 2. The van der Waals surface area contributed by atoms with Crippen molar-refractivity contribution in [1.29, 1.82) is 0 Å². The van der Waals surface area contributed by atoms with Crippen LogP contribution in [0, 0.1) is 10.5 Å². The molecule has 0 aliphatic rings. The molecule has 5 heteroatoms. The molecule has 0 atom stereocenters. The van der Waals surface area contributed by atoms with E-state index in [-0.39, 0.29) is 0 Å². The maximum absolute atomic E-state index is 6.03. The molecule has 0 aromatic heterocycles. The molecule has 0 fully saturated rings. The highest BCUT2D eigenvalue weighted by atomic mass is 127. The first kappa shape index (κ1) is 18.1. The molecule has 3 nitrogen and oxygen atoms in total. The number of rotatable bonds is 6. The second kappa shape index (κ2) is 8.55. The Bertz CT molecular complexity index is 716. The third kappa shape index (κ3) is 4.85. The zero-order chi connectivity index (χ0) is 16.8. The Labute approximate surface area is 155 Å². The van der Waals surface area contributed by atoms with Gasteiger partial charge in [0, 0.05) is 11.2 Å². The number of hydrogen-bond donors (Lipinski definition) is 0. The second-order valence-electron chi connectivity index (χ2n) is 5.07. The molecule has 0 N–H and O–H groups in total. The van der Waals surface area contributed by atoms with Gasteiger partial charge in [0.25, 0.3) is 0 Å². The Morgan fingerprint density at radius 2 is 2.04 bits per heavy atom. The minimum absolute atomic E-state index is 0.668. The summed E-state index contributed by atoms with van der Waals surface area (Å²) >= 11 is 8.28. The molecule has 122 valence electrons. The van der Waals surface area contributed by atoms with E-state index >= 15 is 0 Å². The molecule has 23 heavy (non-hydrogen) atoms. The van der Waals surface area contributed by atoms with Crippen molar-refractivity contribution in [2.24, 2.45) is 4.99 Å². The van der Waals surface area contributed by atoms with Crippen molar-refractivity contribution in [3.63, 3.8) is 0 Å². The molecule has 0 bridgehead atoms. The van der Waals surface area contributed by atoms with Gasteiger partial charge in [-0.05, 0) is 71.3 Å². The molecule has 0 saturated carbocycles. The number of nitrogens with zero attached hydrogens (tertiary/aromatic N) is 1. The maximum atomic E-state index is 6.03. The van der Waals surface area contributed by atoms with Crippen LogP contribution in [0.4, 0.5) is 5.69 Å². The van der Waals surface area contributed by atoms with Crippen molar-refractivity contribution >= 4 is 46.1 Å². The molecule has 0 saturated heterocycles. The lowest BCUT2D eigenvalue weighted by atomic mass is 10.2. The van der Waals surface area contributed by atoms with Gasteiger partial charge in [-0.3, -0.25) is 4.99 Å². The molecule has 0 unspecified atom stereocenters. The van der Waals surface area contributed by atoms with Gasteiger partial charge >= 0.3 is 0 Å². The molecule has 0 aliphatic heterocycles. The van der Waals surface area contributed by atoms with Crippen LogP contribution in [0.2, 0.25) is 5.02 Å². The Hall–Kier alpha value is -1.27. The van der Waals surface area contributed by atoms with E-state index in [1.165, 1.54) is 0 Å². The summed E-state index contributed by atoms with van der Waals surface area (Å²) in [6, 6.07) is 9.63. The van der Waals surface area contributed by atoms with Crippen molar-refractivity contribution < 1.29 is 9.47 Å². The van der Waals surface area contributed by atoms with Crippen LogP contribution in [0.3, 0.4) is 0 Å². The average molecular weight is 444 g/mol. The number of methoxy groups -OCH3 is 1. The standard InChI is InChI=1S/C18H19ClINO2/c1-4-7-23-18-15(20)8-13(9-17(18)22-3)11-21-16-10-14(19)6-5-12(16)2/h5-6,8-11H,4,7H2,1-3H3. The van der Waals surface area contributed by atoms with E-state index in [1.807, 2.05) is 43.5 Å². The molecule has 2 aromatic rings. The number of ether oxygens (including phenoxy) is 2.